The number of nitrogens with zero attached hydrogens (tertiary/aromatic N) is 2. The van der Waals surface area contributed by atoms with Crippen molar-refractivity contribution in [2.75, 3.05) is 20.3 Å². The van der Waals surface area contributed by atoms with Crippen LogP contribution in [-0.2, 0) is 14.3 Å². The monoisotopic (exact) mass is 308 g/mol. The number of carbonyl (C=O) groups is 2. The van der Waals surface area contributed by atoms with E-state index in [2.05, 4.69) is 15.8 Å². The topological polar surface area (TPSA) is 123 Å². The first-order chi connectivity index (χ1) is 10.5. The van der Waals surface area contributed by atoms with E-state index in [0.717, 1.165) is 0 Å². The lowest BCUT2D eigenvalue weighted by atomic mass is 10.2. The number of carbonyl (C=O) groups excluding carboxylic acids is 2. The van der Waals surface area contributed by atoms with E-state index in [0.29, 0.717) is 18.7 Å². The van der Waals surface area contributed by atoms with E-state index in [9.17, 15) is 19.7 Å². The number of ether oxygens (including phenoxy) is 1. The number of hydrazone groups is 1. The Balaban J connectivity index is 2.36. The van der Waals surface area contributed by atoms with Gasteiger partial charge in [0.15, 0.2) is 0 Å². The maximum Gasteiger partial charge on any atom is 0.269 e. The van der Waals surface area contributed by atoms with Crippen LogP contribution in [-0.4, -0.2) is 43.2 Å². The summed E-state index contributed by atoms with van der Waals surface area (Å²) in [6.45, 7) is 0.695. The second-order valence-corrected chi connectivity index (χ2v) is 4.16. The van der Waals surface area contributed by atoms with E-state index in [4.69, 9.17) is 4.74 Å². The first-order valence-electron chi connectivity index (χ1n) is 6.35. The van der Waals surface area contributed by atoms with Gasteiger partial charge in [-0.1, -0.05) is 0 Å². The molecule has 1 aromatic carbocycles. The smallest absolute Gasteiger partial charge is 0.269 e. The van der Waals surface area contributed by atoms with Crippen molar-refractivity contribution in [3.63, 3.8) is 0 Å². The molecule has 118 valence electrons. The standard InChI is InChI=1S/C13H16N4O5/c1-22-7-6-14-12(18)8-13(19)16-15-9-10-2-4-11(5-3-10)17(20)21/h2-5,9H,6-8H2,1H3,(H,14,18)(H,16,19)/b15-9-. The Labute approximate surface area is 126 Å². The van der Waals surface area contributed by atoms with Crippen molar-refractivity contribution < 1.29 is 19.2 Å². The second kappa shape index (κ2) is 9.19. The Kier molecular flexibility index (Phi) is 7.20. The third-order valence-corrected chi connectivity index (χ3v) is 2.46. The molecule has 0 heterocycles. The molecule has 0 unspecified atom stereocenters. The van der Waals surface area contributed by atoms with Crippen LogP contribution in [0.1, 0.15) is 12.0 Å². The number of amides is 2. The molecule has 1 aromatic rings. The second-order valence-electron chi connectivity index (χ2n) is 4.16. The molecule has 0 aliphatic heterocycles. The zero-order valence-corrected chi connectivity index (χ0v) is 11.9. The third-order valence-electron chi connectivity index (χ3n) is 2.46. The minimum absolute atomic E-state index is 0.0334. The number of non-ortho nitro benzene ring substituents is 1. The summed E-state index contributed by atoms with van der Waals surface area (Å²) in [4.78, 5) is 32.7. The van der Waals surface area contributed by atoms with Crippen LogP contribution < -0.4 is 10.7 Å². The molecule has 0 aromatic heterocycles. The van der Waals surface area contributed by atoms with Crippen LogP contribution in [0.4, 0.5) is 5.69 Å². The highest BCUT2D eigenvalue weighted by atomic mass is 16.6. The van der Waals surface area contributed by atoms with Crippen LogP contribution in [0, 0.1) is 10.1 Å². The summed E-state index contributed by atoms with van der Waals surface area (Å²) in [5.74, 6) is -0.992. The van der Waals surface area contributed by atoms with Crippen molar-refractivity contribution in [1.29, 1.82) is 0 Å². The molecule has 0 aliphatic carbocycles. The molecule has 0 radical (unpaired) electrons. The Morgan fingerprint density at radius 1 is 1.32 bits per heavy atom. The fourth-order valence-electron chi connectivity index (χ4n) is 1.40. The van der Waals surface area contributed by atoms with Gasteiger partial charge in [0.05, 0.1) is 17.7 Å². The van der Waals surface area contributed by atoms with Crippen molar-refractivity contribution in [3.8, 4) is 0 Å². The molecule has 1 rings (SSSR count). The average Bonchev–Trinajstić information content (AvgIpc) is 2.48. The highest BCUT2D eigenvalue weighted by Crippen LogP contribution is 2.10. The Hall–Kier alpha value is -2.81. The Morgan fingerprint density at radius 2 is 2.00 bits per heavy atom. The highest BCUT2D eigenvalue weighted by molar-refractivity contribution is 5.97. The summed E-state index contributed by atoms with van der Waals surface area (Å²) < 4.78 is 4.75. The van der Waals surface area contributed by atoms with Gasteiger partial charge in [-0.15, -0.1) is 0 Å². The molecule has 22 heavy (non-hydrogen) atoms. The Morgan fingerprint density at radius 3 is 2.59 bits per heavy atom. The van der Waals surface area contributed by atoms with E-state index in [-0.39, 0.29) is 12.1 Å². The fraction of sp³-hybridized carbons (Fsp3) is 0.308. The van der Waals surface area contributed by atoms with Crippen LogP contribution in [0.5, 0.6) is 0 Å². The van der Waals surface area contributed by atoms with Crippen molar-refractivity contribution >= 4 is 23.7 Å². The molecule has 2 amide bonds. The number of nitro benzene ring substituents is 1. The molecule has 0 atom stereocenters. The van der Waals surface area contributed by atoms with E-state index < -0.39 is 16.7 Å². The third kappa shape index (κ3) is 6.57. The van der Waals surface area contributed by atoms with Crippen LogP contribution in [0.15, 0.2) is 29.4 Å². The molecular formula is C13H16N4O5. The van der Waals surface area contributed by atoms with Gasteiger partial charge in [-0.25, -0.2) is 5.43 Å². The lowest BCUT2D eigenvalue weighted by molar-refractivity contribution is -0.384. The zero-order chi connectivity index (χ0) is 16.4. The largest absolute Gasteiger partial charge is 0.383 e. The number of benzene rings is 1. The molecule has 0 aliphatic rings. The van der Waals surface area contributed by atoms with Crippen LogP contribution in [0.25, 0.3) is 0 Å². The van der Waals surface area contributed by atoms with Gasteiger partial charge in [0.25, 0.3) is 5.69 Å². The van der Waals surface area contributed by atoms with Crippen LogP contribution in [0.3, 0.4) is 0 Å². The molecule has 0 bridgehead atoms. The number of nitro groups is 1. The van der Waals surface area contributed by atoms with Crippen molar-refractivity contribution in [1.82, 2.24) is 10.7 Å². The first-order valence-corrected chi connectivity index (χ1v) is 6.35. The van der Waals surface area contributed by atoms with Gasteiger partial charge in [-0.3, -0.25) is 19.7 Å². The van der Waals surface area contributed by atoms with Gasteiger partial charge in [0.1, 0.15) is 6.42 Å². The predicted molar refractivity (Wildman–Crippen MR) is 78.3 cm³/mol. The van der Waals surface area contributed by atoms with Gasteiger partial charge in [0, 0.05) is 25.8 Å². The lowest BCUT2D eigenvalue weighted by Gasteiger charge is -2.03. The van der Waals surface area contributed by atoms with E-state index in [1.54, 1.807) is 0 Å². The van der Waals surface area contributed by atoms with E-state index >= 15 is 0 Å². The summed E-state index contributed by atoms with van der Waals surface area (Å²) in [5, 5.41) is 16.6. The summed E-state index contributed by atoms with van der Waals surface area (Å²) in [5.41, 5.74) is 2.74. The number of methoxy groups -OCH3 is 1. The quantitative estimate of drug-likeness (QED) is 0.233. The molecule has 2 N–H and O–H groups in total. The summed E-state index contributed by atoms with van der Waals surface area (Å²) in [6, 6.07) is 5.63. The molecule has 0 fully saturated rings. The maximum absolute atomic E-state index is 11.4. The fourth-order valence-corrected chi connectivity index (χ4v) is 1.40. The van der Waals surface area contributed by atoms with Gasteiger partial charge in [0.2, 0.25) is 11.8 Å². The number of nitrogens with one attached hydrogen (secondary N) is 2. The van der Waals surface area contributed by atoms with Crippen LogP contribution >= 0.6 is 0 Å². The molecule has 0 saturated carbocycles. The van der Waals surface area contributed by atoms with Crippen molar-refractivity contribution in [2.24, 2.45) is 5.10 Å². The van der Waals surface area contributed by atoms with Crippen molar-refractivity contribution in [2.45, 2.75) is 6.42 Å². The molecule has 0 saturated heterocycles. The minimum atomic E-state index is -0.562. The van der Waals surface area contributed by atoms with E-state index in [1.807, 2.05) is 0 Å². The van der Waals surface area contributed by atoms with Gasteiger partial charge < -0.3 is 10.1 Å². The number of hydrogen-bond donors (Lipinski definition) is 2. The zero-order valence-electron chi connectivity index (χ0n) is 11.9. The maximum atomic E-state index is 11.4. The normalized spacial score (nSPS) is 10.4. The van der Waals surface area contributed by atoms with Gasteiger partial charge in [-0.05, 0) is 17.7 Å². The molecule has 9 heteroatoms. The number of hydrogen-bond acceptors (Lipinski definition) is 6. The predicted octanol–water partition coefficient (Wildman–Crippen LogP) is 0.198. The summed E-state index contributed by atoms with van der Waals surface area (Å²) >= 11 is 0. The first kappa shape index (κ1) is 17.2. The van der Waals surface area contributed by atoms with Crippen molar-refractivity contribution in [3.05, 3.63) is 39.9 Å². The van der Waals surface area contributed by atoms with E-state index in [1.165, 1.54) is 37.6 Å². The molecular weight excluding hydrogens is 292 g/mol. The minimum Gasteiger partial charge on any atom is -0.383 e. The molecule has 0 spiro atoms. The molecule has 9 nitrogen and oxygen atoms in total. The summed E-state index contributed by atoms with van der Waals surface area (Å²) in [7, 11) is 1.51. The Bertz CT molecular complexity index is 556. The highest BCUT2D eigenvalue weighted by Gasteiger charge is 2.07. The van der Waals surface area contributed by atoms with Gasteiger partial charge >= 0.3 is 0 Å². The van der Waals surface area contributed by atoms with Crippen LogP contribution in [0.2, 0.25) is 0 Å². The number of rotatable bonds is 8. The average molecular weight is 308 g/mol. The lowest BCUT2D eigenvalue weighted by Crippen LogP contribution is -2.31. The SMILES string of the molecule is COCCNC(=O)CC(=O)N/N=C\c1ccc([N+](=O)[O-])cc1. The van der Waals surface area contributed by atoms with Gasteiger partial charge in [-0.2, -0.15) is 5.10 Å². The summed E-state index contributed by atoms with van der Waals surface area (Å²) in [6.07, 6.45) is 0.978.